The number of esters is 1. The van der Waals surface area contributed by atoms with Gasteiger partial charge in [0, 0.05) is 0 Å². The van der Waals surface area contributed by atoms with E-state index in [2.05, 4.69) is 72.8 Å². The Morgan fingerprint density at radius 3 is 1.64 bits per heavy atom. The van der Waals surface area contributed by atoms with Crippen molar-refractivity contribution in [3.8, 4) is 11.1 Å². The van der Waals surface area contributed by atoms with Crippen molar-refractivity contribution in [2.24, 2.45) is 0 Å². The van der Waals surface area contributed by atoms with E-state index < -0.39 is 0 Å². The standard InChI is InChI=1S/C31H30O2/c1-2-33-31(32)30-28(21-19-25-14-8-4-9-15-25)23-22-27(20-18-24-12-6-3-7-13-24)29(30)26-16-10-5-11-17-26/h3-17,22-23H,2,18-21H2,1H3. The maximum absolute atomic E-state index is 13.3. The smallest absolute Gasteiger partial charge is 0.339 e. The fourth-order valence-corrected chi connectivity index (χ4v) is 4.32. The molecule has 4 aromatic carbocycles. The zero-order valence-electron chi connectivity index (χ0n) is 19.2. The van der Waals surface area contributed by atoms with Gasteiger partial charge in [0.15, 0.2) is 0 Å². The van der Waals surface area contributed by atoms with Crippen LogP contribution in [0.5, 0.6) is 0 Å². The van der Waals surface area contributed by atoms with Gasteiger partial charge in [0.1, 0.15) is 0 Å². The Bertz CT molecular complexity index is 1170. The lowest BCUT2D eigenvalue weighted by Crippen LogP contribution is -2.13. The SMILES string of the molecule is CCOC(=O)c1c(CCc2ccccc2)ccc(CCc2ccccc2)c1-c1ccccc1. The van der Waals surface area contributed by atoms with Crippen LogP contribution in [0.15, 0.2) is 103 Å². The number of carbonyl (C=O) groups excluding carboxylic acids is 1. The predicted molar refractivity (Wildman–Crippen MR) is 136 cm³/mol. The summed E-state index contributed by atoms with van der Waals surface area (Å²) in [5.41, 5.74) is 7.56. The van der Waals surface area contributed by atoms with Crippen LogP contribution in [0.1, 0.15) is 39.5 Å². The van der Waals surface area contributed by atoms with Crippen LogP contribution >= 0.6 is 0 Å². The third-order valence-corrected chi connectivity index (χ3v) is 5.97. The summed E-state index contributed by atoms with van der Waals surface area (Å²) in [7, 11) is 0. The summed E-state index contributed by atoms with van der Waals surface area (Å²) in [5, 5.41) is 0. The molecule has 2 nitrogen and oxygen atoms in total. The second kappa shape index (κ2) is 11.3. The molecule has 0 N–H and O–H groups in total. The molecule has 33 heavy (non-hydrogen) atoms. The average molecular weight is 435 g/mol. The molecule has 0 radical (unpaired) electrons. The minimum absolute atomic E-state index is 0.235. The second-order valence-corrected chi connectivity index (χ2v) is 8.19. The van der Waals surface area contributed by atoms with Crippen LogP contribution in [0.2, 0.25) is 0 Å². The second-order valence-electron chi connectivity index (χ2n) is 8.19. The van der Waals surface area contributed by atoms with Gasteiger partial charge < -0.3 is 4.74 Å². The Labute approximate surface area is 196 Å². The van der Waals surface area contributed by atoms with Gasteiger partial charge in [0.2, 0.25) is 0 Å². The first-order chi connectivity index (χ1) is 16.3. The Kier molecular flexibility index (Phi) is 7.71. The summed E-state index contributed by atoms with van der Waals surface area (Å²) in [4.78, 5) is 13.3. The molecule has 0 aliphatic carbocycles. The molecule has 0 aromatic heterocycles. The average Bonchev–Trinajstić information content (AvgIpc) is 2.88. The third-order valence-electron chi connectivity index (χ3n) is 5.97. The van der Waals surface area contributed by atoms with Crippen LogP contribution < -0.4 is 0 Å². The Morgan fingerprint density at radius 1 is 0.606 bits per heavy atom. The Balaban J connectivity index is 1.76. The highest BCUT2D eigenvalue weighted by molar-refractivity contribution is 6.00. The van der Waals surface area contributed by atoms with E-state index in [9.17, 15) is 4.79 Å². The molecule has 0 saturated heterocycles. The molecule has 4 aromatic rings. The lowest BCUT2D eigenvalue weighted by atomic mass is 9.86. The molecular weight excluding hydrogens is 404 g/mol. The molecule has 0 atom stereocenters. The van der Waals surface area contributed by atoms with Gasteiger partial charge in [-0.2, -0.15) is 0 Å². The molecule has 0 unspecified atom stereocenters. The molecule has 0 amide bonds. The summed E-state index contributed by atoms with van der Waals surface area (Å²) in [6.07, 6.45) is 3.45. The molecule has 0 spiro atoms. The van der Waals surface area contributed by atoms with Crippen LogP contribution in [-0.4, -0.2) is 12.6 Å². The van der Waals surface area contributed by atoms with Gasteiger partial charge in [0.05, 0.1) is 12.2 Å². The van der Waals surface area contributed by atoms with Crippen molar-refractivity contribution in [1.29, 1.82) is 0 Å². The topological polar surface area (TPSA) is 26.3 Å². The zero-order chi connectivity index (χ0) is 22.9. The number of hydrogen-bond donors (Lipinski definition) is 0. The third kappa shape index (κ3) is 5.78. The minimum atomic E-state index is -0.235. The van der Waals surface area contributed by atoms with Crippen molar-refractivity contribution in [3.05, 3.63) is 131 Å². The van der Waals surface area contributed by atoms with Gasteiger partial charge in [-0.25, -0.2) is 4.79 Å². The number of rotatable bonds is 9. The van der Waals surface area contributed by atoms with Crippen molar-refractivity contribution in [3.63, 3.8) is 0 Å². The monoisotopic (exact) mass is 434 g/mol. The van der Waals surface area contributed by atoms with E-state index in [0.717, 1.165) is 42.4 Å². The van der Waals surface area contributed by atoms with E-state index in [0.29, 0.717) is 12.2 Å². The highest BCUT2D eigenvalue weighted by atomic mass is 16.5. The molecule has 4 rings (SSSR count). The number of carbonyl (C=O) groups is 1. The Morgan fingerprint density at radius 2 is 1.09 bits per heavy atom. The lowest BCUT2D eigenvalue weighted by Gasteiger charge is -2.19. The molecule has 0 bridgehead atoms. The van der Waals surface area contributed by atoms with E-state index in [1.165, 1.54) is 16.7 Å². The van der Waals surface area contributed by atoms with E-state index in [1.807, 2.05) is 37.3 Å². The van der Waals surface area contributed by atoms with Gasteiger partial charge in [-0.05, 0) is 66.0 Å². The normalized spacial score (nSPS) is 10.7. The van der Waals surface area contributed by atoms with E-state index >= 15 is 0 Å². The van der Waals surface area contributed by atoms with Gasteiger partial charge in [-0.3, -0.25) is 0 Å². The maximum atomic E-state index is 13.3. The van der Waals surface area contributed by atoms with Crippen molar-refractivity contribution >= 4 is 5.97 Å². The largest absolute Gasteiger partial charge is 0.462 e. The number of hydrogen-bond acceptors (Lipinski definition) is 2. The molecule has 166 valence electrons. The van der Waals surface area contributed by atoms with Crippen molar-refractivity contribution < 1.29 is 9.53 Å². The predicted octanol–water partition coefficient (Wildman–Crippen LogP) is 7.10. The summed E-state index contributed by atoms with van der Waals surface area (Å²) in [6, 6.07) is 35.5. The summed E-state index contributed by atoms with van der Waals surface area (Å²) in [6.45, 7) is 2.22. The molecular formula is C31H30O2. The van der Waals surface area contributed by atoms with E-state index in [1.54, 1.807) is 0 Å². The molecule has 0 aliphatic rings. The van der Waals surface area contributed by atoms with Gasteiger partial charge in [-0.15, -0.1) is 0 Å². The summed E-state index contributed by atoms with van der Waals surface area (Å²) >= 11 is 0. The van der Waals surface area contributed by atoms with Gasteiger partial charge in [0.25, 0.3) is 0 Å². The zero-order valence-corrected chi connectivity index (χ0v) is 19.2. The minimum Gasteiger partial charge on any atom is -0.462 e. The molecule has 0 fully saturated rings. The van der Waals surface area contributed by atoms with E-state index in [4.69, 9.17) is 4.74 Å². The molecule has 2 heteroatoms. The number of ether oxygens (including phenoxy) is 1. The van der Waals surface area contributed by atoms with Crippen LogP contribution in [-0.2, 0) is 30.4 Å². The summed E-state index contributed by atoms with van der Waals surface area (Å²) < 4.78 is 5.56. The number of aryl methyl sites for hydroxylation is 4. The van der Waals surface area contributed by atoms with Crippen LogP contribution in [0, 0.1) is 0 Å². The van der Waals surface area contributed by atoms with Crippen LogP contribution in [0.25, 0.3) is 11.1 Å². The lowest BCUT2D eigenvalue weighted by molar-refractivity contribution is 0.0526. The highest BCUT2D eigenvalue weighted by Gasteiger charge is 2.22. The molecule has 0 aliphatic heterocycles. The van der Waals surface area contributed by atoms with Crippen molar-refractivity contribution in [2.45, 2.75) is 32.6 Å². The fourth-order valence-electron chi connectivity index (χ4n) is 4.32. The first-order valence-corrected chi connectivity index (χ1v) is 11.7. The quantitative estimate of drug-likeness (QED) is 0.263. The highest BCUT2D eigenvalue weighted by Crippen LogP contribution is 2.33. The van der Waals surface area contributed by atoms with Gasteiger partial charge in [-0.1, -0.05) is 103 Å². The van der Waals surface area contributed by atoms with E-state index in [-0.39, 0.29) is 5.97 Å². The van der Waals surface area contributed by atoms with Crippen LogP contribution in [0.3, 0.4) is 0 Å². The number of benzene rings is 4. The van der Waals surface area contributed by atoms with Gasteiger partial charge >= 0.3 is 5.97 Å². The maximum Gasteiger partial charge on any atom is 0.339 e. The summed E-state index contributed by atoms with van der Waals surface area (Å²) in [5.74, 6) is -0.235. The molecule has 0 heterocycles. The van der Waals surface area contributed by atoms with Crippen molar-refractivity contribution in [2.75, 3.05) is 6.61 Å². The first kappa shape index (κ1) is 22.5. The fraction of sp³-hybridized carbons (Fsp3) is 0.194. The molecule has 0 saturated carbocycles. The van der Waals surface area contributed by atoms with Crippen molar-refractivity contribution in [1.82, 2.24) is 0 Å². The van der Waals surface area contributed by atoms with Crippen LogP contribution in [0.4, 0.5) is 0 Å². The Hall–Kier alpha value is -3.65. The first-order valence-electron chi connectivity index (χ1n) is 11.7.